The van der Waals surface area contributed by atoms with Crippen molar-refractivity contribution >= 4 is 17.7 Å². The number of nitrogens with zero attached hydrogens (tertiary/aromatic N) is 3. The molecule has 0 spiro atoms. The summed E-state index contributed by atoms with van der Waals surface area (Å²) < 4.78 is 11.2. The van der Waals surface area contributed by atoms with Crippen molar-refractivity contribution in [1.82, 2.24) is 14.9 Å². The number of carbonyl (C=O) groups is 1. The SMILES string of the molecule is CC(C)(C)OC(=O)N1CCC(OCc2ccnc(Cl)n2)CC1. The fourth-order valence-corrected chi connectivity index (χ4v) is 2.35. The highest BCUT2D eigenvalue weighted by molar-refractivity contribution is 6.28. The van der Waals surface area contributed by atoms with Gasteiger partial charge in [-0.3, -0.25) is 0 Å². The average molecular weight is 328 g/mol. The first-order valence-electron chi connectivity index (χ1n) is 7.40. The van der Waals surface area contributed by atoms with E-state index in [1.165, 1.54) is 0 Å². The summed E-state index contributed by atoms with van der Waals surface area (Å²) in [5, 5.41) is 0.223. The second-order valence-corrected chi connectivity index (χ2v) is 6.63. The Bertz CT molecular complexity index is 511. The normalized spacial score (nSPS) is 16.6. The number of hydrogen-bond donors (Lipinski definition) is 0. The molecule has 0 bridgehead atoms. The standard InChI is InChI=1S/C15H22ClN3O3/c1-15(2,3)22-14(20)19-8-5-12(6-9-19)21-10-11-4-7-17-13(16)18-11/h4,7,12H,5-6,8-10H2,1-3H3. The van der Waals surface area contributed by atoms with Gasteiger partial charge in [0.25, 0.3) is 0 Å². The zero-order valence-corrected chi connectivity index (χ0v) is 14.0. The molecule has 2 rings (SSSR count). The number of piperidine rings is 1. The fraction of sp³-hybridized carbons (Fsp3) is 0.667. The summed E-state index contributed by atoms with van der Waals surface area (Å²) in [4.78, 5) is 21.6. The number of likely N-dealkylation sites (tertiary alicyclic amines) is 1. The van der Waals surface area contributed by atoms with E-state index in [4.69, 9.17) is 21.1 Å². The van der Waals surface area contributed by atoms with Gasteiger partial charge < -0.3 is 14.4 Å². The summed E-state index contributed by atoms with van der Waals surface area (Å²) in [5.41, 5.74) is 0.297. The van der Waals surface area contributed by atoms with Crippen LogP contribution in [-0.2, 0) is 16.1 Å². The van der Waals surface area contributed by atoms with Gasteiger partial charge in [0, 0.05) is 19.3 Å². The third kappa shape index (κ3) is 5.42. The highest BCUT2D eigenvalue weighted by atomic mass is 35.5. The van der Waals surface area contributed by atoms with Gasteiger partial charge >= 0.3 is 6.09 Å². The lowest BCUT2D eigenvalue weighted by molar-refractivity contribution is -0.0178. The van der Waals surface area contributed by atoms with Crippen LogP contribution in [-0.4, -0.2) is 45.8 Å². The van der Waals surface area contributed by atoms with Gasteiger partial charge in [0.1, 0.15) is 5.60 Å². The first-order chi connectivity index (χ1) is 10.3. The Morgan fingerprint density at radius 2 is 2.09 bits per heavy atom. The zero-order chi connectivity index (χ0) is 16.2. The van der Waals surface area contributed by atoms with Crippen molar-refractivity contribution in [3.8, 4) is 0 Å². The highest BCUT2D eigenvalue weighted by Gasteiger charge is 2.27. The van der Waals surface area contributed by atoms with Gasteiger partial charge in [-0.1, -0.05) is 0 Å². The largest absolute Gasteiger partial charge is 0.444 e. The van der Waals surface area contributed by atoms with Crippen LogP contribution in [0.3, 0.4) is 0 Å². The molecule has 0 N–H and O–H groups in total. The molecule has 1 amide bonds. The van der Waals surface area contributed by atoms with Crippen molar-refractivity contribution in [2.45, 2.75) is 51.9 Å². The fourth-order valence-electron chi connectivity index (χ4n) is 2.18. The number of hydrogen-bond acceptors (Lipinski definition) is 5. The van der Waals surface area contributed by atoms with Crippen LogP contribution in [0, 0.1) is 0 Å². The van der Waals surface area contributed by atoms with E-state index in [0.717, 1.165) is 18.5 Å². The van der Waals surface area contributed by atoms with E-state index in [-0.39, 0.29) is 17.5 Å². The van der Waals surface area contributed by atoms with E-state index in [1.54, 1.807) is 17.2 Å². The second-order valence-electron chi connectivity index (χ2n) is 6.29. The van der Waals surface area contributed by atoms with Gasteiger partial charge in [0.15, 0.2) is 0 Å². The van der Waals surface area contributed by atoms with Crippen LogP contribution in [0.25, 0.3) is 0 Å². The Morgan fingerprint density at radius 3 is 2.68 bits per heavy atom. The van der Waals surface area contributed by atoms with E-state index >= 15 is 0 Å². The van der Waals surface area contributed by atoms with Crippen LogP contribution >= 0.6 is 11.6 Å². The Kier molecular flexibility index (Phi) is 5.58. The molecule has 1 aromatic heterocycles. The molecule has 0 atom stereocenters. The van der Waals surface area contributed by atoms with Gasteiger partial charge in [-0.2, -0.15) is 0 Å². The molecule has 2 heterocycles. The average Bonchev–Trinajstić information content (AvgIpc) is 2.44. The molecule has 0 saturated carbocycles. The first-order valence-corrected chi connectivity index (χ1v) is 7.78. The molecule has 1 aliphatic rings. The highest BCUT2D eigenvalue weighted by Crippen LogP contribution is 2.18. The number of amides is 1. The molecule has 1 fully saturated rings. The van der Waals surface area contributed by atoms with E-state index < -0.39 is 5.60 Å². The second kappa shape index (κ2) is 7.24. The maximum absolute atomic E-state index is 12.0. The Morgan fingerprint density at radius 1 is 1.41 bits per heavy atom. The molecule has 6 nitrogen and oxygen atoms in total. The third-order valence-electron chi connectivity index (χ3n) is 3.24. The molecule has 0 aromatic carbocycles. The lowest BCUT2D eigenvalue weighted by atomic mass is 10.1. The summed E-state index contributed by atoms with van der Waals surface area (Å²) in [6.07, 6.45) is 3.05. The van der Waals surface area contributed by atoms with Crippen LogP contribution in [0.1, 0.15) is 39.3 Å². The predicted octanol–water partition coefficient (Wildman–Crippen LogP) is 3.05. The van der Waals surface area contributed by atoms with E-state index in [2.05, 4.69) is 9.97 Å². The molecular weight excluding hydrogens is 306 g/mol. The first kappa shape index (κ1) is 17.0. The van der Waals surface area contributed by atoms with E-state index in [9.17, 15) is 4.79 Å². The van der Waals surface area contributed by atoms with Crippen LogP contribution in [0.5, 0.6) is 0 Å². The summed E-state index contributed by atoms with van der Waals surface area (Å²) >= 11 is 5.74. The Balaban J connectivity index is 1.74. The third-order valence-corrected chi connectivity index (χ3v) is 3.43. The topological polar surface area (TPSA) is 64.5 Å². The molecule has 0 radical (unpaired) electrons. The maximum Gasteiger partial charge on any atom is 0.410 e. The van der Waals surface area contributed by atoms with Crippen LogP contribution in [0.2, 0.25) is 5.28 Å². The van der Waals surface area contributed by atoms with Crippen molar-refractivity contribution in [1.29, 1.82) is 0 Å². The molecule has 1 aliphatic heterocycles. The maximum atomic E-state index is 12.0. The lowest BCUT2D eigenvalue weighted by Gasteiger charge is -2.33. The van der Waals surface area contributed by atoms with Crippen molar-refractivity contribution in [3.63, 3.8) is 0 Å². The predicted molar refractivity (Wildman–Crippen MR) is 82.7 cm³/mol. The smallest absolute Gasteiger partial charge is 0.410 e. The summed E-state index contributed by atoms with van der Waals surface area (Å²) in [6, 6.07) is 1.78. The van der Waals surface area contributed by atoms with Crippen molar-refractivity contribution < 1.29 is 14.3 Å². The van der Waals surface area contributed by atoms with Crippen molar-refractivity contribution in [2.24, 2.45) is 0 Å². The van der Waals surface area contributed by atoms with Crippen LogP contribution in [0.4, 0.5) is 4.79 Å². The minimum absolute atomic E-state index is 0.118. The number of ether oxygens (including phenoxy) is 2. The van der Waals surface area contributed by atoms with Crippen molar-refractivity contribution in [3.05, 3.63) is 23.2 Å². The molecule has 22 heavy (non-hydrogen) atoms. The minimum atomic E-state index is -0.462. The van der Waals surface area contributed by atoms with Crippen molar-refractivity contribution in [2.75, 3.05) is 13.1 Å². The molecule has 1 saturated heterocycles. The molecule has 0 unspecified atom stereocenters. The monoisotopic (exact) mass is 327 g/mol. The quantitative estimate of drug-likeness (QED) is 0.798. The molecule has 122 valence electrons. The number of aromatic nitrogens is 2. The Labute approximate surface area is 135 Å². The van der Waals surface area contributed by atoms with Gasteiger partial charge in [-0.15, -0.1) is 0 Å². The number of halogens is 1. The van der Waals surface area contributed by atoms with Gasteiger partial charge in [0.05, 0.1) is 18.4 Å². The summed E-state index contributed by atoms with van der Waals surface area (Å²) in [6.45, 7) is 7.29. The Hall–Kier alpha value is -1.40. The lowest BCUT2D eigenvalue weighted by Crippen LogP contribution is -2.43. The molecular formula is C15H22ClN3O3. The van der Waals surface area contributed by atoms with Gasteiger partial charge in [-0.25, -0.2) is 14.8 Å². The molecule has 1 aromatic rings. The molecule has 0 aliphatic carbocycles. The van der Waals surface area contributed by atoms with Crippen LogP contribution < -0.4 is 0 Å². The summed E-state index contributed by atoms with van der Waals surface area (Å²) in [7, 11) is 0. The van der Waals surface area contributed by atoms with E-state index in [0.29, 0.717) is 19.7 Å². The number of rotatable bonds is 3. The van der Waals surface area contributed by atoms with Gasteiger partial charge in [0.2, 0.25) is 5.28 Å². The molecule has 7 heteroatoms. The van der Waals surface area contributed by atoms with Crippen LogP contribution in [0.15, 0.2) is 12.3 Å². The zero-order valence-electron chi connectivity index (χ0n) is 13.2. The summed E-state index contributed by atoms with van der Waals surface area (Å²) in [5.74, 6) is 0. The van der Waals surface area contributed by atoms with E-state index in [1.807, 2.05) is 20.8 Å². The minimum Gasteiger partial charge on any atom is -0.444 e. The van der Waals surface area contributed by atoms with Gasteiger partial charge in [-0.05, 0) is 51.3 Å². The number of carbonyl (C=O) groups excluding carboxylic acids is 1.